The molecule has 4 bridgehead atoms. The van der Waals surface area contributed by atoms with E-state index in [1.165, 1.54) is 44.9 Å². The van der Waals surface area contributed by atoms with Gasteiger partial charge in [0.2, 0.25) is 0 Å². The Morgan fingerprint density at radius 3 is 2.36 bits per heavy atom. The second-order valence-electron chi connectivity index (χ2n) is 11.1. The third-order valence-corrected chi connectivity index (χ3v) is 8.73. The predicted octanol–water partition coefficient (Wildman–Crippen LogP) is 3.40. The second-order valence-corrected chi connectivity index (χ2v) is 11.1. The van der Waals surface area contributed by atoms with Gasteiger partial charge < -0.3 is 9.88 Å². The molecule has 1 aromatic rings. The topological polar surface area (TPSA) is 92.7 Å². The molecule has 7 rings (SSSR count). The van der Waals surface area contributed by atoms with Crippen molar-refractivity contribution in [3.05, 3.63) is 44.1 Å². The first kappa shape index (κ1) is 21.0. The predicted molar refractivity (Wildman–Crippen MR) is 129 cm³/mol. The Labute approximate surface area is 193 Å². The maximum Gasteiger partial charge on any atom is 0.349 e. The molecule has 2 heterocycles. The van der Waals surface area contributed by atoms with Crippen LogP contribution in [0, 0.1) is 37.0 Å². The average molecular weight is 448 g/mol. The number of aromatic amines is 1. The van der Waals surface area contributed by atoms with E-state index in [4.69, 9.17) is 0 Å². The van der Waals surface area contributed by atoms with Gasteiger partial charge in [0.1, 0.15) is 0 Å². The summed E-state index contributed by atoms with van der Waals surface area (Å²) in [6, 6.07) is 4.09. The Hall–Kier alpha value is -2.54. The fourth-order valence-corrected chi connectivity index (χ4v) is 7.54. The van der Waals surface area contributed by atoms with Gasteiger partial charge >= 0.3 is 5.69 Å². The molecular formula is C26H33N5O2. The van der Waals surface area contributed by atoms with Crippen LogP contribution in [0.15, 0.2) is 21.7 Å². The first-order chi connectivity index (χ1) is 15.9. The number of nitrogens with zero attached hydrogens (tertiary/aromatic N) is 3. The number of nitrogens with one attached hydrogen (secondary N) is 2. The molecule has 7 nitrogen and oxygen atoms in total. The van der Waals surface area contributed by atoms with Gasteiger partial charge in [0.15, 0.2) is 11.5 Å². The van der Waals surface area contributed by atoms with Gasteiger partial charge in [-0.15, -0.1) is 0 Å². The lowest BCUT2D eigenvalue weighted by molar-refractivity contribution is -0.0567. The van der Waals surface area contributed by atoms with Crippen molar-refractivity contribution in [2.45, 2.75) is 65.3 Å². The highest BCUT2D eigenvalue weighted by Crippen LogP contribution is 2.61. The van der Waals surface area contributed by atoms with Gasteiger partial charge in [-0.25, -0.2) is 9.78 Å². The van der Waals surface area contributed by atoms with Crippen LogP contribution in [0.5, 0.6) is 0 Å². The molecule has 4 aliphatic carbocycles. The smallest absolute Gasteiger partial charge is 0.321 e. The summed E-state index contributed by atoms with van der Waals surface area (Å²) in [5.74, 6) is 3.32. The molecule has 0 saturated heterocycles. The highest BCUT2D eigenvalue weighted by atomic mass is 16.2. The Morgan fingerprint density at radius 1 is 1.00 bits per heavy atom. The first-order valence-corrected chi connectivity index (χ1v) is 12.5. The average Bonchev–Trinajstić information content (AvgIpc) is 2.74. The quantitative estimate of drug-likeness (QED) is 0.446. The van der Waals surface area contributed by atoms with Gasteiger partial charge in [-0.05, 0) is 112 Å². The minimum Gasteiger partial charge on any atom is -0.321 e. The third kappa shape index (κ3) is 3.70. The highest BCUT2D eigenvalue weighted by molar-refractivity contribution is 5.81. The fourth-order valence-electron chi connectivity index (χ4n) is 7.54. The van der Waals surface area contributed by atoms with Crippen LogP contribution in [0.3, 0.4) is 0 Å². The lowest BCUT2D eigenvalue weighted by atomic mass is 9.49. The number of hydrogen-bond acceptors (Lipinski definition) is 5. The van der Waals surface area contributed by atoms with Gasteiger partial charge in [-0.3, -0.25) is 9.78 Å². The maximum absolute atomic E-state index is 12.4. The minimum atomic E-state index is -0.624. The van der Waals surface area contributed by atoms with Gasteiger partial charge in [-0.1, -0.05) is 0 Å². The lowest BCUT2D eigenvalue weighted by Crippen LogP contribution is -2.47. The summed E-state index contributed by atoms with van der Waals surface area (Å²) >= 11 is 0. The van der Waals surface area contributed by atoms with Gasteiger partial charge in [0.25, 0.3) is 5.56 Å². The van der Waals surface area contributed by atoms with Crippen LogP contribution in [0.4, 0.5) is 0 Å². The van der Waals surface area contributed by atoms with Crippen molar-refractivity contribution in [3.8, 4) is 11.5 Å². The minimum absolute atomic E-state index is 0.221. The van der Waals surface area contributed by atoms with Crippen LogP contribution in [-0.4, -0.2) is 32.6 Å². The Kier molecular flexibility index (Phi) is 4.94. The van der Waals surface area contributed by atoms with Crippen LogP contribution in [0.2, 0.25) is 0 Å². The molecule has 0 spiro atoms. The van der Waals surface area contributed by atoms with Gasteiger partial charge in [-0.2, -0.15) is 4.98 Å². The van der Waals surface area contributed by atoms with E-state index in [2.05, 4.69) is 33.3 Å². The molecule has 7 heteroatoms. The molecule has 0 atom stereocenters. The number of hydrogen-bond donors (Lipinski definition) is 2. The van der Waals surface area contributed by atoms with Crippen LogP contribution < -0.4 is 16.6 Å². The molecule has 4 saturated carbocycles. The van der Waals surface area contributed by atoms with Crippen molar-refractivity contribution in [1.29, 1.82) is 0 Å². The molecule has 0 aromatic heterocycles. The molecule has 33 heavy (non-hydrogen) atoms. The van der Waals surface area contributed by atoms with E-state index >= 15 is 0 Å². The maximum atomic E-state index is 12.4. The molecule has 4 fully saturated rings. The van der Waals surface area contributed by atoms with E-state index in [-0.39, 0.29) is 5.69 Å². The monoisotopic (exact) mass is 447 g/mol. The van der Waals surface area contributed by atoms with E-state index in [9.17, 15) is 9.59 Å². The van der Waals surface area contributed by atoms with Crippen LogP contribution in [-0.2, 0) is 6.54 Å². The van der Waals surface area contributed by atoms with Crippen molar-refractivity contribution in [1.82, 2.24) is 24.8 Å². The molecule has 0 unspecified atom stereocenters. The Morgan fingerprint density at radius 2 is 1.67 bits per heavy atom. The molecule has 6 aliphatic rings. The lowest BCUT2D eigenvalue weighted by Gasteiger charge is -2.57. The number of H-pyrrole nitrogens is 1. The molecule has 2 N–H and O–H groups in total. The second kappa shape index (κ2) is 7.76. The standard InChI is InChI=1S/C26H33N5O2/c1-15-7-20-21(8-16(15)2)31(23-22(28-20)24(32)30-25(33)29-23)6-5-27-4-3-26-12-17-9-18(13-26)11-19(10-17)14-26/h7-8,17-19,27H,3-6,9-14H2,1-2H3,(H,30,32,33). The normalized spacial score (nSPS) is 28.2. The summed E-state index contributed by atoms with van der Waals surface area (Å²) < 4.78 is 1.98. The third-order valence-electron chi connectivity index (χ3n) is 8.73. The van der Waals surface area contributed by atoms with E-state index in [1.54, 1.807) is 0 Å². The zero-order valence-corrected chi connectivity index (χ0v) is 19.6. The Bertz CT molecular complexity index is 1270. The van der Waals surface area contributed by atoms with E-state index in [0.717, 1.165) is 53.0 Å². The summed E-state index contributed by atoms with van der Waals surface area (Å²) in [6.45, 7) is 6.53. The number of rotatable bonds is 6. The van der Waals surface area contributed by atoms with Crippen molar-refractivity contribution >= 4 is 11.0 Å². The van der Waals surface area contributed by atoms with Crippen molar-refractivity contribution in [2.75, 3.05) is 13.1 Å². The van der Waals surface area contributed by atoms with E-state index < -0.39 is 11.2 Å². The first-order valence-electron chi connectivity index (χ1n) is 12.5. The number of benzene rings is 1. The summed E-state index contributed by atoms with van der Waals surface area (Å²) in [7, 11) is 0. The molecular weight excluding hydrogens is 414 g/mol. The zero-order chi connectivity index (χ0) is 22.7. The molecule has 1 aromatic carbocycles. The number of aromatic nitrogens is 4. The molecule has 0 radical (unpaired) electrons. The van der Waals surface area contributed by atoms with Crippen molar-refractivity contribution in [3.63, 3.8) is 0 Å². The fraction of sp³-hybridized carbons (Fsp3) is 0.615. The van der Waals surface area contributed by atoms with Crippen LogP contribution in [0.1, 0.15) is 56.1 Å². The van der Waals surface area contributed by atoms with E-state index in [1.807, 2.05) is 17.6 Å². The van der Waals surface area contributed by atoms with Crippen molar-refractivity contribution in [2.24, 2.45) is 23.2 Å². The summed E-state index contributed by atoms with van der Waals surface area (Å²) in [4.78, 5) is 35.3. The summed E-state index contributed by atoms with van der Waals surface area (Å²) in [6.07, 6.45) is 10.0. The SMILES string of the molecule is Cc1cc2nc3c(=O)[nH]c(=O)nc-3n(CCNCCC34CC5CC(CC(C5)C3)C4)c2cc1C. The van der Waals surface area contributed by atoms with Gasteiger partial charge in [0, 0.05) is 13.1 Å². The molecule has 0 amide bonds. The van der Waals surface area contributed by atoms with Crippen LogP contribution >= 0.6 is 0 Å². The summed E-state index contributed by atoms with van der Waals surface area (Å²) in [5, 5.41) is 3.66. The highest BCUT2D eigenvalue weighted by Gasteiger charge is 2.50. The van der Waals surface area contributed by atoms with Crippen molar-refractivity contribution < 1.29 is 0 Å². The number of fused-ring (bicyclic) bond motifs is 2. The largest absolute Gasteiger partial charge is 0.349 e. The number of aryl methyl sites for hydroxylation is 2. The molecule has 2 aliphatic heterocycles. The zero-order valence-electron chi connectivity index (χ0n) is 19.6. The van der Waals surface area contributed by atoms with E-state index in [0.29, 0.717) is 17.8 Å². The Balaban J connectivity index is 1.21. The van der Waals surface area contributed by atoms with Gasteiger partial charge in [0.05, 0.1) is 11.0 Å². The van der Waals surface area contributed by atoms with Crippen LogP contribution in [0.25, 0.3) is 22.6 Å². The molecule has 174 valence electrons. The summed E-state index contributed by atoms with van der Waals surface area (Å²) in [5.41, 5.74) is 3.63.